The van der Waals surface area contributed by atoms with Gasteiger partial charge < -0.3 is 15.5 Å². The Morgan fingerprint density at radius 2 is 2.00 bits per heavy atom. The number of benzene rings is 1. The van der Waals surface area contributed by atoms with Crippen LogP contribution in [0.2, 0.25) is 0 Å². The number of carbonyl (C=O) groups is 2. The lowest BCUT2D eigenvalue weighted by Gasteiger charge is -2.27. The van der Waals surface area contributed by atoms with Gasteiger partial charge in [-0.05, 0) is 12.1 Å². The van der Waals surface area contributed by atoms with Crippen LogP contribution >= 0.6 is 12.4 Å². The molecular weight excluding hydrogens is 366 g/mol. The maximum Gasteiger partial charge on any atom is 0.227 e. The van der Waals surface area contributed by atoms with Gasteiger partial charge in [0.2, 0.25) is 11.8 Å². The van der Waals surface area contributed by atoms with Crippen LogP contribution in [0.25, 0.3) is 0 Å². The second-order valence-corrected chi connectivity index (χ2v) is 6.38. The lowest BCUT2D eigenvalue weighted by Crippen LogP contribution is -2.46. The van der Waals surface area contributed by atoms with Gasteiger partial charge in [0, 0.05) is 58.3 Å². The number of halogens is 3. The SMILES string of the molecule is Cl.O=C(NCCN1CCNCC1)C1CC(=O)N(c2ccc(F)cc2F)C1. The molecule has 3 rings (SSSR count). The van der Waals surface area contributed by atoms with E-state index in [0.717, 1.165) is 44.9 Å². The van der Waals surface area contributed by atoms with E-state index in [0.29, 0.717) is 6.54 Å². The molecule has 0 aliphatic carbocycles. The zero-order valence-corrected chi connectivity index (χ0v) is 15.2. The molecule has 2 fully saturated rings. The lowest BCUT2D eigenvalue weighted by atomic mass is 10.1. The molecule has 0 saturated carbocycles. The molecule has 1 atom stereocenters. The first-order valence-electron chi connectivity index (χ1n) is 8.51. The molecule has 2 aliphatic rings. The third-order valence-corrected chi connectivity index (χ3v) is 4.63. The van der Waals surface area contributed by atoms with E-state index in [1.54, 1.807) is 0 Å². The smallest absolute Gasteiger partial charge is 0.227 e. The van der Waals surface area contributed by atoms with Crippen LogP contribution in [-0.2, 0) is 9.59 Å². The quantitative estimate of drug-likeness (QED) is 0.781. The monoisotopic (exact) mass is 388 g/mol. The Bertz CT molecular complexity index is 656. The van der Waals surface area contributed by atoms with Crippen LogP contribution in [-0.4, -0.2) is 62.5 Å². The van der Waals surface area contributed by atoms with Crippen LogP contribution in [0.15, 0.2) is 18.2 Å². The predicted molar refractivity (Wildman–Crippen MR) is 96.4 cm³/mol. The number of piperazine rings is 1. The summed E-state index contributed by atoms with van der Waals surface area (Å²) in [4.78, 5) is 27.9. The molecule has 144 valence electrons. The van der Waals surface area contributed by atoms with E-state index >= 15 is 0 Å². The molecule has 6 nitrogen and oxygen atoms in total. The summed E-state index contributed by atoms with van der Waals surface area (Å²) in [5, 5.41) is 6.12. The Morgan fingerprint density at radius 1 is 1.27 bits per heavy atom. The third kappa shape index (κ3) is 4.90. The van der Waals surface area contributed by atoms with Crippen LogP contribution in [0.3, 0.4) is 0 Å². The molecule has 0 radical (unpaired) electrons. The van der Waals surface area contributed by atoms with Gasteiger partial charge in [0.25, 0.3) is 0 Å². The average Bonchev–Trinajstić information content (AvgIpc) is 2.97. The van der Waals surface area contributed by atoms with Crippen LogP contribution in [0, 0.1) is 17.6 Å². The van der Waals surface area contributed by atoms with Crippen molar-refractivity contribution in [1.29, 1.82) is 0 Å². The molecule has 26 heavy (non-hydrogen) atoms. The molecule has 0 bridgehead atoms. The first-order chi connectivity index (χ1) is 12.0. The Morgan fingerprint density at radius 3 is 2.69 bits per heavy atom. The number of hydrogen-bond acceptors (Lipinski definition) is 4. The standard InChI is InChI=1S/C17H22F2N4O2.ClH/c18-13-1-2-15(14(19)10-13)23-11-12(9-16(23)24)17(25)21-5-8-22-6-3-20-4-7-22;/h1-2,10,12,20H,3-9,11H2,(H,21,25);1H. The highest BCUT2D eigenvalue weighted by Gasteiger charge is 2.36. The molecule has 2 saturated heterocycles. The Labute approximate surface area is 157 Å². The van der Waals surface area contributed by atoms with E-state index in [-0.39, 0.29) is 42.9 Å². The highest BCUT2D eigenvalue weighted by atomic mass is 35.5. The molecule has 2 amide bonds. The minimum absolute atomic E-state index is 0. The van der Waals surface area contributed by atoms with Gasteiger partial charge in [-0.2, -0.15) is 0 Å². The zero-order valence-electron chi connectivity index (χ0n) is 14.3. The maximum atomic E-state index is 13.9. The van der Waals surface area contributed by atoms with Crippen molar-refractivity contribution in [3.63, 3.8) is 0 Å². The topological polar surface area (TPSA) is 64.7 Å². The van der Waals surface area contributed by atoms with Gasteiger partial charge in [0.05, 0.1) is 11.6 Å². The average molecular weight is 389 g/mol. The van der Waals surface area contributed by atoms with Gasteiger partial charge in [0.15, 0.2) is 0 Å². The van der Waals surface area contributed by atoms with Crippen molar-refractivity contribution < 1.29 is 18.4 Å². The fraction of sp³-hybridized carbons (Fsp3) is 0.529. The molecular formula is C17H23ClF2N4O2. The summed E-state index contributed by atoms with van der Waals surface area (Å²) in [7, 11) is 0. The molecule has 1 aromatic carbocycles. The van der Waals surface area contributed by atoms with Gasteiger partial charge in [-0.3, -0.25) is 14.5 Å². The van der Waals surface area contributed by atoms with Crippen molar-refractivity contribution in [3.05, 3.63) is 29.8 Å². The fourth-order valence-electron chi connectivity index (χ4n) is 3.23. The van der Waals surface area contributed by atoms with Gasteiger partial charge in [-0.15, -0.1) is 12.4 Å². The molecule has 2 N–H and O–H groups in total. The van der Waals surface area contributed by atoms with Crippen molar-refractivity contribution in [2.24, 2.45) is 5.92 Å². The summed E-state index contributed by atoms with van der Waals surface area (Å²) in [6, 6.07) is 3.07. The largest absolute Gasteiger partial charge is 0.355 e. The number of nitrogens with one attached hydrogen (secondary N) is 2. The van der Waals surface area contributed by atoms with E-state index in [2.05, 4.69) is 15.5 Å². The lowest BCUT2D eigenvalue weighted by molar-refractivity contribution is -0.126. The number of carbonyl (C=O) groups excluding carboxylic acids is 2. The highest BCUT2D eigenvalue weighted by molar-refractivity contribution is 6.00. The van der Waals surface area contributed by atoms with Crippen molar-refractivity contribution in [2.75, 3.05) is 50.7 Å². The van der Waals surface area contributed by atoms with E-state index in [1.807, 2.05) is 0 Å². The molecule has 2 aliphatic heterocycles. The van der Waals surface area contributed by atoms with Crippen LogP contribution in [0.5, 0.6) is 0 Å². The van der Waals surface area contributed by atoms with E-state index < -0.39 is 17.6 Å². The summed E-state index contributed by atoms with van der Waals surface area (Å²) in [5.41, 5.74) is 0.0162. The number of hydrogen-bond donors (Lipinski definition) is 2. The van der Waals surface area contributed by atoms with Crippen LogP contribution in [0.1, 0.15) is 6.42 Å². The third-order valence-electron chi connectivity index (χ3n) is 4.63. The molecule has 1 aromatic rings. The number of nitrogens with zero attached hydrogens (tertiary/aromatic N) is 2. The summed E-state index contributed by atoms with van der Waals surface area (Å²) in [5.74, 6) is -2.54. The minimum atomic E-state index is -0.798. The highest BCUT2D eigenvalue weighted by Crippen LogP contribution is 2.27. The minimum Gasteiger partial charge on any atom is -0.355 e. The second-order valence-electron chi connectivity index (χ2n) is 6.38. The molecule has 0 spiro atoms. The van der Waals surface area contributed by atoms with E-state index in [9.17, 15) is 18.4 Å². The summed E-state index contributed by atoms with van der Waals surface area (Å²) >= 11 is 0. The summed E-state index contributed by atoms with van der Waals surface area (Å²) in [6.45, 7) is 5.21. The van der Waals surface area contributed by atoms with E-state index in [4.69, 9.17) is 0 Å². The van der Waals surface area contributed by atoms with Crippen molar-refractivity contribution in [1.82, 2.24) is 15.5 Å². The van der Waals surface area contributed by atoms with Crippen molar-refractivity contribution in [3.8, 4) is 0 Å². The summed E-state index contributed by atoms with van der Waals surface area (Å²) in [6.07, 6.45) is 0.0380. The summed E-state index contributed by atoms with van der Waals surface area (Å²) < 4.78 is 26.9. The van der Waals surface area contributed by atoms with Crippen molar-refractivity contribution >= 4 is 29.9 Å². The van der Waals surface area contributed by atoms with Crippen LogP contribution in [0.4, 0.5) is 14.5 Å². The van der Waals surface area contributed by atoms with Gasteiger partial charge in [0.1, 0.15) is 11.6 Å². The first-order valence-corrected chi connectivity index (χ1v) is 8.51. The Balaban J connectivity index is 0.00000243. The number of rotatable bonds is 5. The Hall–Kier alpha value is -1.77. The van der Waals surface area contributed by atoms with Gasteiger partial charge in [-0.25, -0.2) is 8.78 Å². The van der Waals surface area contributed by atoms with Crippen molar-refractivity contribution in [2.45, 2.75) is 6.42 Å². The van der Waals surface area contributed by atoms with E-state index in [1.165, 1.54) is 11.0 Å². The number of anilines is 1. The maximum absolute atomic E-state index is 13.9. The van der Waals surface area contributed by atoms with Gasteiger partial charge >= 0.3 is 0 Å². The number of amides is 2. The molecule has 2 heterocycles. The van der Waals surface area contributed by atoms with Gasteiger partial charge in [-0.1, -0.05) is 0 Å². The fourth-order valence-corrected chi connectivity index (χ4v) is 3.23. The zero-order chi connectivity index (χ0) is 17.8. The van der Waals surface area contributed by atoms with Crippen LogP contribution < -0.4 is 15.5 Å². The molecule has 9 heteroatoms. The normalized spacial score (nSPS) is 20.8. The first kappa shape index (κ1) is 20.5. The second kappa shape index (κ2) is 9.25. The Kier molecular flexibility index (Phi) is 7.31. The molecule has 1 unspecified atom stereocenters. The predicted octanol–water partition coefficient (Wildman–Crippen LogP) is 0.761. The molecule has 0 aromatic heterocycles.